The number of aldehydes is 1. The van der Waals surface area contributed by atoms with Crippen LogP contribution in [0.1, 0.15) is 37.8 Å². The highest BCUT2D eigenvalue weighted by Gasteiger charge is 2.38. The number of hydrogen-bond acceptors (Lipinski definition) is 2. The molecule has 0 bridgehead atoms. The highest BCUT2D eigenvalue weighted by atomic mass is 32.2. The third-order valence-electron chi connectivity index (χ3n) is 4.84. The molecule has 1 heterocycles. The van der Waals surface area contributed by atoms with Crippen LogP contribution in [0, 0.1) is 5.82 Å². The van der Waals surface area contributed by atoms with Gasteiger partial charge < -0.3 is 0 Å². The molecule has 0 saturated heterocycles. The Balaban J connectivity index is 2.36. The van der Waals surface area contributed by atoms with Crippen LogP contribution in [0.5, 0.6) is 0 Å². The summed E-state index contributed by atoms with van der Waals surface area (Å²) >= 11 is 1.87. The fraction of sp³-hybridized carbons (Fsp3) is 0.227. The topological polar surface area (TPSA) is 17.1 Å². The maximum Gasteiger partial charge on any atom is 0.142 e. The number of fused-ring (bicyclic) bond motifs is 1. The molecule has 0 N–H and O–H groups in total. The van der Waals surface area contributed by atoms with E-state index in [2.05, 4.69) is 32.0 Å². The van der Waals surface area contributed by atoms with Crippen LogP contribution in [0.3, 0.4) is 0 Å². The average Bonchev–Trinajstić information content (AvgIpc) is 2.66. The van der Waals surface area contributed by atoms with Gasteiger partial charge in [-0.15, -0.1) is 11.8 Å². The standard InChI is InChI=1S/C22H21FOS/c1-3-22(4-2)19(9-7-15-24)21(16-11-13-17(23)14-12-16)18-8-5-6-10-20(18)25-22/h5-15H,3-4H2,1-2H3/b9-7+. The Hall–Kier alpha value is -2.13. The average molecular weight is 352 g/mol. The molecule has 1 aliphatic heterocycles. The van der Waals surface area contributed by atoms with E-state index in [4.69, 9.17) is 0 Å². The molecule has 1 aliphatic rings. The van der Waals surface area contributed by atoms with Gasteiger partial charge in [-0.2, -0.15) is 0 Å². The third kappa shape index (κ3) is 3.21. The minimum absolute atomic E-state index is 0.0996. The van der Waals surface area contributed by atoms with Crippen LogP contribution in [0.25, 0.3) is 5.57 Å². The van der Waals surface area contributed by atoms with Gasteiger partial charge in [0.25, 0.3) is 0 Å². The first-order chi connectivity index (χ1) is 12.1. The van der Waals surface area contributed by atoms with Crippen molar-refractivity contribution in [2.75, 3.05) is 0 Å². The first-order valence-corrected chi connectivity index (χ1v) is 9.37. The number of rotatable bonds is 5. The minimum atomic E-state index is -0.245. The summed E-state index contributed by atoms with van der Waals surface area (Å²) in [5.41, 5.74) is 4.35. The molecule has 0 unspecified atom stereocenters. The van der Waals surface area contributed by atoms with E-state index in [0.29, 0.717) is 0 Å². The van der Waals surface area contributed by atoms with Crippen molar-refractivity contribution in [1.82, 2.24) is 0 Å². The Labute approximate surface area is 152 Å². The zero-order chi connectivity index (χ0) is 17.9. The van der Waals surface area contributed by atoms with Gasteiger partial charge in [-0.3, -0.25) is 4.79 Å². The quantitative estimate of drug-likeness (QED) is 0.481. The molecule has 2 aromatic rings. The van der Waals surface area contributed by atoms with Gasteiger partial charge in [-0.1, -0.05) is 50.3 Å². The number of thioether (sulfide) groups is 1. The van der Waals surface area contributed by atoms with Crippen molar-refractivity contribution in [3.8, 4) is 0 Å². The van der Waals surface area contributed by atoms with E-state index in [1.54, 1.807) is 6.08 Å². The van der Waals surface area contributed by atoms with Crippen LogP contribution >= 0.6 is 11.8 Å². The van der Waals surface area contributed by atoms with Gasteiger partial charge >= 0.3 is 0 Å². The molecule has 3 rings (SSSR count). The number of halogens is 1. The van der Waals surface area contributed by atoms with Gasteiger partial charge in [0, 0.05) is 9.64 Å². The smallest absolute Gasteiger partial charge is 0.142 e. The van der Waals surface area contributed by atoms with Crippen molar-refractivity contribution < 1.29 is 9.18 Å². The van der Waals surface area contributed by atoms with Crippen molar-refractivity contribution in [3.63, 3.8) is 0 Å². The van der Waals surface area contributed by atoms with Gasteiger partial charge in [0.1, 0.15) is 12.1 Å². The highest BCUT2D eigenvalue weighted by Crippen LogP contribution is 2.54. The van der Waals surface area contributed by atoms with E-state index < -0.39 is 0 Å². The lowest BCUT2D eigenvalue weighted by molar-refractivity contribution is -0.104. The Morgan fingerprint density at radius 1 is 1.04 bits per heavy atom. The second-order valence-corrected chi connectivity index (χ2v) is 7.52. The summed E-state index contributed by atoms with van der Waals surface area (Å²) in [7, 11) is 0. The van der Waals surface area contributed by atoms with Crippen LogP contribution in [0.15, 0.2) is 71.2 Å². The summed E-state index contributed by atoms with van der Waals surface area (Å²) in [4.78, 5) is 12.2. The maximum absolute atomic E-state index is 13.5. The van der Waals surface area contributed by atoms with E-state index >= 15 is 0 Å². The van der Waals surface area contributed by atoms with Gasteiger partial charge in [0.05, 0.1) is 0 Å². The zero-order valence-electron chi connectivity index (χ0n) is 14.5. The lowest BCUT2D eigenvalue weighted by atomic mass is 9.82. The van der Waals surface area contributed by atoms with Gasteiger partial charge in [-0.05, 0) is 59.4 Å². The lowest BCUT2D eigenvalue weighted by Crippen LogP contribution is -2.29. The molecule has 0 aromatic heterocycles. The molecule has 0 saturated carbocycles. The van der Waals surface area contributed by atoms with Crippen molar-refractivity contribution in [1.29, 1.82) is 0 Å². The first-order valence-electron chi connectivity index (χ1n) is 8.56. The number of benzene rings is 2. The molecule has 0 aliphatic carbocycles. The Morgan fingerprint density at radius 2 is 1.72 bits per heavy atom. The summed E-state index contributed by atoms with van der Waals surface area (Å²) in [5, 5.41) is 0. The van der Waals surface area contributed by atoms with Gasteiger partial charge in [-0.25, -0.2) is 4.39 Å². The number of allylic oxidation sites excluding steroid dienone is 2. The summed E-state index contributed by atoms with van der Waals surface area (Å²) in [5.74, 6) is -0.245. The Morgan fingerprint density at radius 3 is 2.36 bits per heavy atom. The van der Waals surface area contributed by atoms with Crippen molar-refractivity contribution in [2.45, 2.75) is 36.3 Å². The predicted octanol–water partition coefficient (Wildman–Crippen LogP) is 6.05. The second-order valence-electron chi connectivity index (χ2n) is 6.09. The lowest BCUT2D eigenvalue weighted by Gasteiger charge is -2.39. The fourth-order valence-corrected chi connectivity index (χ4v) is 4.89. The summed E-state index contributed by atoms with van der Waals surface area (Å²) < 4.78 is 13.4. The number of carbonyl (C=O) groups is 1. The Kier molecular flexibility index (Phi) is 5.24. The predicted molar refractivity (Wildman–Crippen MR) is 103 cm³/mol. The molecule has 1 nitrogen and oxygen atoms in total. The second kappa shape index (κ2) is 7.40. The molecule has 3 heteroatoms. The van der Waals surface area contributed by atoms with Crippen LogP contribution < -0.4 is 0 Å². The molecule has 0 spiro atoms. The van der Waals surface area contributed by atoms with Crippen LogP contribution in [0.2, 0.25) is 0 Å². The third-order valence-corrected chi connectivity index (χ3v) is 6.60. The van der Waals surface area contributed by atoms with Crippen molar-refractivity contribution in [3.05, 3.63) is 83.2 Å². The van der Waals surface area contributed by atoms with E-state index in [9.17, 15) is 9.18 Å². The normalized spacial score (nSPS) is 16.1. The van der Waals surface area contributed by atoms with Gasteiger partial charge in [0.15, 0.2) is 0 Å². The molecule has 0 atom stereocenters. The molecular formula is C22H21FOS. The van der Waals surface area contributed by atoms with Crippen molar-refractivity contribution >= 4 is 23.6 Å². The molecule has 25 heavy (non-hydrogen) atoms. The number of carbonyl (C=O) groups excluding carboxylic acids is 1. The SMILES string of the molecule is CCC1(CC)Sc2ccccc2C(c2ccc(F)cc2)=C1/C=C/C=O. The first kappa shape index (κ1) is 17.7. The maximum atomic E-state index is 13.5. The minimum Gasteiger partial charge on any atom is -0.299 e. The zero-order valence-corrected chi connectivity index (χ0v) is 15.3. The van der Waals surface area contributed by atoms with Gasteiger partial charge in [0.2, 0.25) is 0 Å². The van der Waals surface area contributed by atoms with E-state index in [1.165, 1.54) is 17.0 Å². The molecule has 0 fully saturated rings. The van der Waals surface area contributed by atoms with Crippen molar-refractivity contribution in [2.24, 2.45) is 0 Å². The van der Waals surface area contributed by atoms with E-state index in [1.807, 2.05) is 36.0 Å². The van der Waals surface area contributed by atoms with E-state index in [0.717, 1.165) is 41.4 Å². The highest BCUT2D eigenvalue weighted by molar-refractivity contribution is 8.01. The number of hydrogen-bond donors (Lipinski definition) is 0. The largest absolute Gasteiger partial charge is 0.299 e. The van der Waals surface area contributed by atoms with Crippen LogP contribution in [-0.2, 0) is 4.79 Å². The molecule has 0 radical (unpaired) electrons. The summed E-state index contributed by atoms with van der Waals surface area (Å²) in [6.07, 6.45) is 6.21. The fourth-order valence-electron chi connectivity index (χ4n) is 3.47. The monoisotopic (exact) mass is 352 g/mol. The molecule has 0 amide bonds. The molecule has 128 valence electrons. The van der Waals surface area contributed by atoms with Crippen LogP contribution in [-0.4, -0.2) is 11.0 Å². The van der Waals surface area contributed by atoms with E-state index in [-0.39, 0.29) is 10.6 Å². The van der Waals surface area contributed by atoms with Crippen LogP contribution in [0.4, 0.5) is 4.39 Å². The molecule has 2 aromatic carbocycles. The summed E-state index contributed by atoms with van der Waals surface area (Å²) in [6, 6.07) is 14.9. The Bertz CT molecular complexity index is 829. The summed E-state index contributed by atoms with van der Waals surface area (Å²) in [6.45, 7) is 4.36. The molecular weight excluding hydrogens is 331 g/mol.